The lowest BCUT2D eigenvalue weighted by atomic mass is 10.0. The zero-order chi connectivity index (χ0) is 29.2. The van der Waals surface area contributed by atoms with Crippen molar-refractivity contribution >= 4 is 21.9 Å². The van der Waals surface area contributed by atoms with Gasteiger partial charge in [0.25, 0.3) is 15.9 Å². The van der Waals surface area contributed by atoms with Gasteiger partial charge in [0.15, 0.2) is 12.2 Å². The number of aliphatic imine (C=N–C) groups is 1. The fraction of sp³-hybridized carbons (Fsp3) is 0.692. The lowest BCUT2D eigenvalue weighted by Crippen LogP contribution is -2.56. The molecule has 1 aromatic carbocycles. The van der Waals surface area contributed by atoms with Crippen molar-refractivity contribution in [2.75, 3.05) is 26.9 Å². The van der Waals surface area contributed by atoms with Crippen LogP contribution < -0.4 is 21.9 Å². The summed E-state index contributed by atoms with van der Waals surface area (Å²) in [6.07, 6.45) is -0.0827. The van der Waals surface area contributed by atoms with E-state index in [-0.39, 0.29) is 43.0 Å². The Morgan fingerprint density at radius 1 is 1.08 bits per heavy atom. The molecule has 0 spiro atoms. The number of carbonyl (C=O) groups excluding carboxylic acids is 1. The van der Waals surface area contributed by atoms with Crippen LogP contribution in [0.4, 0.5) is 0 Å². The molecule has 38 heavy (non-hydrogen) atoms. The Balaban J connectivity index is 3.79. The second kappa shape index (κ2) is 15.2. The van der Waals surface area contributed by atoms with Crippen LogP contribution in [-0.2, 0) is 24.3 Å². The third-order valence-corrected chi connectivity index (χ3v) is 8.32. The van der Waals surface area contributed by atoms with E-state index in [0.717, 1.165) is 4.31 Å². The summed E-state index contributed by atoms with van der Waals surface area (Å²) in [4.78, 5) is 17.9. The number of aryl methyl sites for hydroxylation is 1. The molecule has 1 amide bonds. The minimum absolute atomic E-state index is 0.0202. The average Bonchev–Trinajstić information content (AvgIpc) is 2.82. The molecule has 0 aromatic heterocycles. The van der Waals surface area contributed by atoms with Gasteiger partial charge in [-0.25, -0.2) is 12.7 Å². The first-order valence-corrected chi connectivity index (χ1v) is 14.5. The molecular weight excluding hydrogens is 510 g/mol. The second-order valence-electron chi connectivity index (χ2n) is 9.65. The van der Waals surface area contributed by atoms with Crippen LogP contribution in [0.15, 0.2) is 16.0 Å². The maximum atomic E-state index is 14.5. The molecule has 0 aliphatic heterocycles. The molecule has 0 saturated heterocycles. The Morgan fingerprint density at radius 2 is 1.66 bits per heavy atom. The van der Waals surface area contributed by atoms with Crippen LogP contribution in [0.2, 0.25) is 0 Å². The van der Waals surface area contributed by atoms with Crippen LogP contribution in [-0.4, -0.2) is 69.8 Å². The number of hydrogen-bond acceptors (Lipinski definition) is 8. The number of nitrogens with zero attached hydrogens (tertiary/aromatic N) is 2. The number of rotatable bonds is 16. The van der Waals surface area contributed by atoms with Crippen molar-refractivity contribution in [2.24, 2.45) is 28.1 Å². The Hall–Kier alpha value is -2.41. The molecule has 0 heterocycles. The molecule has 2 atom stereocenters. The lowest BCUT2D eigenvalue weighted by Gasteiger charge is -2.38. The van der Waals surface area contributed by atoms with E-state index in [2.05, 4.69) is 4.99 Å². The van der Waals surface area contributed by atoms with Gasteiger partial charge < -0.3 is 31.4 Å². The van der Waals surface area contributed by atoms with Gasteiger partial charge in [0, 0.05) is 19.8 Å². The molecule has 12 heteroatoms. The third-order valence-electron chi connectivity index (χ3n) is 6.21. The summed E-state index contributed by atoms with van der Waals surface area (Å²) in [7, 11) is -2.88. The van der Waals surface area contributed by atoms with E-state index in [1.165, 1.54) is 7.11 Å². The number of guanidine groups is 1. The predicted octanol–water partition coefficient (Wildman–Crippen LogP) is 2.33. The molecule has 0 radical (unpaired) electrons. The highest BCUT2D eigenvalue weighted by Crippen LogP contribution is 2.35. The molecule has 1 aromatic rings. The number of ether oxygens (including phenoxy) is 3. The Morgan fingerprint density at radius 3 is 2.13 bits per heavy atom. The summed E-state index contributed by atoms with van der Waals surface area (Å²) in [5.74, 6) is -0.222. The molecule has 6 N–H and O–H groups in total. The number of nitrogens with two attached hydrogens (primary N) is 3. The molecule has 11 nitrogen and oxygen atoms in total. The topological polar surface area (TPSA) is 173 Å². The summed E-state index contributed by atoms with van der Waals surface area (Å²) in [5, 5.41) is 0. The van der Waals surface area contributed by atoms with E-state index in [0.29, 0.717) is 35.3 Å². The number of hydrogen-bond donors (Lipinski definition) is 3. The van der Waals surface area contributed by atoms with Gasteiger partial charge in [-0.2, -0.15) is 0 Å². The van der Waals surface area contributed by atoms with Crippen molar-refractivity contribution in [1.82, 2.24) is 4.31 Å². The lowest BCUT2D eigenvalue weighted by molar-refractivity contribution is -0.173. The molecule has 0 unspecified atom stereocenters. The van der Waals surface area contributed by atoms with Gasteiger partial charge >= 0.3 is 0 Å². The van der Waals surface area contributed by atoms with Crippen LogP contribution in [0.3, 0.4) is 0 Å². The highest BCUT2D eigenvalue weighted by molar-refractivity contribution is 7.89. The van der Waals surface area contributed by atoms with Crippen molar-refractivity contribution in [3.63, 3.8) is 0 Å². The summed E-state index contributed by atoms with van der Waals surface area (Å²) >= 11 is 0. The molecule has 1 rings (SSSR count). The van der Waals surface area contributed by atoms with Crippen molar-refractivity contribution < 1.29 is 27.4 Å². The highest BCUT2D eigenvalue weighted by Gasteiger charge is 2.44. The summed E-state index contributed by atoms with van der Waals surface area (Å²) in [6.45, 7) is 13.4. The van der Waals surface area contributed by atoms with Crippen molar-refractivity contribution in [2.45, 2.75) is 91.0 Å². The Labute approximate surface area is 228 Å². The standard InChI is InChI=1S/C26H47N5O6S/c1-9-36-25(37-10-2)21(14-16(3)4)31(24(32)20(27)12-11-13-30-26(28)29)38(33,34)23-17(5)15-22(35-8)18(6)19(23)7/h15-16,20-21,25H,9-14,27H2,1-8H3,(H4,28,29,30)/t20-,21-/m0/s1. The zero-order valence-electron chi connectivity index (χ0n) is 24.1. The van der Waals surface area contributed by atoms with Gasteiger partial charge in [-0.1, -0.05) is 13.8 Å². The maximum Gasteiger partial charge on any atom is 0.267 e. The number of amides is 1. The first-order valence-electron chi connectivity index (χ1n) is 13.0. The third kappa shape index (κ3) is 8.55. The van der Waals surface area contributed by atoms with E-state index in [1.807, 2.05) is 13.8 Å². The quantitative estimate of drug-likeness (QED) is 0.119. The first-order chi connectivity index (χ1) is 17.7. The number of benzene rings is 1. The van der Waals surface area contributed by atoms with Crippen molar-refractivity contribution in [3.05, 3.63) is 22.8 Å². The van der Waals surface area contributed by atoms with E-state index < -0.39 is 34.3 Å². The highest BCUT2D eigenvalue weighted by atomic mass is 32.2. The number of sulfonamides is 1. The largest absolute Gasteiger partial charge is 0.496 e. The number of carbonyl (C=O) groups is 1. The Kier molecular flexibility index (Phi) is 13.5. The zero-order valence-corrected chi connectivity index (χ0v) is 24.9. The average molecular weight is 558 g/mol. The van der Waals surface area contributed by atoms with Gasteiger partial charge in [0.2, 0.25) is 0 Å². The maximum absolute atomic E-state index is 14.5. The fourth-order valence-corrected chi connectivity index (χ4v) is 6.51. The molecule has 0 saturated carbocycles. The summed E-state index contributed by atoms with van der Waals surface area (Å²) in [6, 6.07) is -0.401. The van der Waals surface area contributed by atoms with Gasteiger partial charge in [0.05, 0.1) is 24.1 Å². The van der Waals surface area contributed by atoms with E-state index in [4.69, 9.17) is 31.4 Å². The van der Waals surface area contributed by atoms with Crippen LogP contribution in [0.5, 0.6) is 5.75 Å². The van der Waals surface area contributed by atoms with Crippen LogP contribution in [0.25, 0.3) is 0 Å². The first kappa shape index (κ1) is 33.6. The molecule has 0 bridgehead atoms. The summed E-state index contributed by atoms with van der Waals surface area (Å²) < 4.78 is 47.0. The van der Waals surface area contributed by atoms with Crippen LogP contribution >= 0.6 is 0 Å². The number of methoxy groups -OCH3 is 1. The van der Waals surface area contributed by atoms with Gasteiger partial charge in [-0.15, -0.1) is 0 Å². The smallest absolute Gasteiger partial charge is 0.267 e. The van der Waals surface area contributed by atoms with Crippen molar-refractivity contribution in [3.8, 4) is 5.75 Å². The van der Waals surface area contributed by atoms with Gasteiger partial charge in [0.1, 0.15) is 5.75 Å². The molecule has 0 fully saturated rings. The second-order valence-corrected chi connectivity index (χ2v) is 11.4. The minimum atomic E-state index is -4.40. The van der Waals surface area contributed by atoms with E-state index in [9.17, 15) is 13.2 Å². The predicted molar refractivity (Wildman–Crippen MR) is 149 cm³/mol. The normalized spacial score (nSPS) is 13.4. The molecular formula is C26H47N5O6S. The van der Waals surface area contributed by atoms with E-state index >= 15 is 0 Å². The molecule has 218 valence electrons. The molecule has 0 aliphatic carbocycles. The van der Waals surface area contributed by atoms with Crippen LogP contribution in [0, 0.1) is 26.7 Å². The SMILES string of the molecule is CCOC(OCC)[C@H](CC(C)C)N(C(=O)[C@@H](N)CCCN=C(N)N)S(=O)(=O)c1c(C)cc(OC)c(C)c1C. The molecule has 0 aliphatic rings. The van der Waals surface area contributed by atoms with Gasteiger partial charge in [-0.3, -0.25) is 9.79 Å². The van der Waals surface area contributed by atoms with Crippen molar-refractivity contribution in [1.29, 1.82) is 0 Å². The summed E-state index contributed by atoms with van der Waals surface area (Å²) in [5.41, 5.74) is 18.7. The van der Waals surface area contributed by atoms with Crippen LogP contribution in [0.1, 0.15) is 63.6 Å². The Bertz CT molecular complexity index is 1050. The fourth-order valence-electron chi connectivity index (χ4n) is 4.39. The minimum Gasteiger partial charge on any atom is -0.496 e. The van der Waals surface area contributed by atoms with Gasteiger partial charge in [-0.05, 0) is 82.6 Å². The van der Waals surface area contributed by atoms with E-state index in [1.54, 1.807) is 40.7 Å². The monoisotopic (exact) mass is 557 g/mol.